The summed E-state index contributed by atoms with van der Waals surface area (Å²) < 4.78 is 5.45. The molecule has 2 nitrogen and oxygen atoms in total. The van der Waals surface area contributed by atoms with Gasteiger partial charge in [-0.2, -0.15) is 0 Å². The van der Waals surface area contributed by atoms with Gasteiger partial charge >= 0.3 is 0 Å². The Balaban J connectivity index is 1.98. The lowest BCUT2D eigenvalue weighted by Gasteiger charge is -2.18. The van der Waals surface area contributed by atoms with Gasteiger partial charge in [-0.05, 0) is 37.8 Å². The van der Waals surface area contributed by atoms with E-state index in [1.807, 2.05) is 0 Å². The maximum Gasteiger partial charge on any atom is 0.0485 e. The smallest absolute Gasteiger partial charge is 0.0485 e. The zero-order valence-electron chi connectivity index (χ0n) is 9.33. The zero-order valence-corrected chi connectivity index (χ0v) is 9.33. The van der Waals surface area contributed by atoms with Crippen LogP contribution in [0.15, 0.2) is 24.3 Å². The lowest BCUT2D eigenvalue weighted by atomic mass is 10.1. The molecular weight excluding hydrogens is 186 g/mol. The number of anilines is 1. The van der Waals surface area contributed by atoms with E-state index in [2.05, 4.69) is 36.5 Å². The highest BCUT2D eigenvalue weighted by molar-refractivity contribution is 5.50. The van der Waals surface area contributed by atoms with Gasteiger partial charge in [0, 0.05) is 24.9 Å². The van der Waals surface area contributed by atoms with Crippen molar-refractivity contribution in [1.82, 2.24) is 0 Å². The lowest BCUT2D eigenvalue weighted by molar-refractivity contribution is 0.144. The molecule has 0 aliphatic carbocycles. The van der Waals surface area contributed by atoms with Gasteiger partial charge in [-0.1, -0.05) is 18.2 Å². The van der Waals surface area contributed by atoms with Crippen molar-refractivity contribution in [2.75, 3.05) is 18.5 Å². The summed E-state index contributed by atoms with van der Waals surface area (Å²) in [5.74, 6) is 0. The third-order valence-corrected chi connectivity index (χ3v) is 2.96. The van der Waals surface area contributed by atoms with Crippen molar-refractivity contribution in [1.29, 1.82) is 0 Å². The van der Waals surface area contributed by atoms with Gasteiger partial charge in [0.25, 0.3) is 0 Å². The first-order chi connectivity index (χ1) is 7.36. The Morgan fingerprint density at radius 3 is 2.93 bits per heavy atom. The van der Waals surface area contributed by atoms with Crippen molar-refractivity contribution in [2.24, 2.45) is 0 Å². The van der Waals surface area contributed by atoms with Gasteiger partial charge in [0.2, 0.25) is 0 Å². The maximum atomic E-state index is 5.45. The van der Waals surface area contributed by atoms with E-state index in [0.29, 0.717) is 6.04 Å². The summed E-state index contributed by atoms with van der Waals surface area (Å²) in [7, 11) is 0. The number of rotatable bonds is 2. The van der Waals surface area contributed by atoms with Gasteiger partial charge in [-0.15, -0.1) is 0 Å². The molecule has 0 radical (unpaired) electrons. The molecule has 1 N–H and O–H groups in total. The van der Waals surface area contributed by atoms with Crippen molar-refractivity contribution in [3.63, 3.8) is 0 Å². The molecule has 1 atom stereocenters. The fourth-order valence-electron chi connectivity index (χ4n) is 2.00. The van der Waals surface area contributed by atoms with Gasteiger partial charge in [0.15, 0.2) is 0 Å². The largest absolute Gasteiger partial charge is 0.382 e. The summed E-state index contributed by atoms with van der Waals surface area (Å²) in [4.78, 5) is 0. The van der Waals surface area contributed by atoms with Crippen LogP contribution in [0.4, 0.5) is 5.69 Å². The first kappa shape index (κ1) is 10.5. The highest BCUT2D eigenvalue weighted by Gasteiger charge is 2.12. The minimum absolute atomic E-state index is 0.577. The van der Waals surface area contributed by atoms with Gasteiger partial charge in [-0.3, -0.25) is 0 Å². The minimum atomic E-state index is 0.577. The Kier molecular flexibility index (Phi) is 3.62. The number of para-hydroxylation sites is 1. The Hall–Kier alpha value is -1.02. The van der Waals surface area contributed by atoms with Crippen LogP contribution in [0.5, 0.6) is 0 Å². The summed E-state index contributed by atoms with van der Waals surface area (Å²) in [6.45, 7) is 3.96. The van der Waals surface area contributed by atoms with Gasteiger partial charge in [0.1, 0.15) is 0 Å². The summed E-state index contributed by atoms with van der Waals surface area (Å²) in [5, 5.41) is 3.61. The van der Waals surface area contributed by atoms with E-state index in [1.165, 1.54) is 24.1 Å². The van der Waals surface area contributed by atoms with E-state index < -0.39 is 0 Å². The molecule has 1 saturated heterocycles. The summed E-state index contributed by atoms with van der Waals surface area (Å²) >= 11 is 0. The molecular formula is C13H19NO. The van der Waals surface area contributed by atoms with Crippen LogP contribution in [0.1, 0.15) is 24.8 Å². The molecule has 0 aromatic heterocycles. The van der Waals surface area contributed by atoms with Crippen molar-refractivity contribution >= 4 is 5.69 Å². The quantitative estimate of drug-likeness (QED) is 0.801. The van der Waals surface area contributed by atoms with Gasteiger partial charge < -0.3 is 10.1 Å². The Morgan fingerprint density at radius 2 is 2.07 bits per heavy atom. The predicted octanol–water partition coefficient (Wildman–Crippen LogP) is 2.98. The first-order valence-electron chi connectivity index (χ1n) is 5.76. The standard InChI is InChI=1S/C13H19NO/c1-11-5-2-3-7-13(11)14-12-6-4-9-15-10-8-12/h2-3,5,7,12,14H,4,6,8-10H2,1H3. The third kappa shape index (κ3) is 2.96. The van der Waals surface area contributed by atoms with Crippen LogP contribution in [-0.2, 0) is 4.74 Å². The predicted molar refractivity (Wildman–Crippen MR) is 63.3 cm³/mol. The topological polar surface area (TPSA) is 21.3 Å². The number of benzene rings is 1. The van der Waals surface area contributed by atoms with Gasteiger partial charge in [-0.25, -0.2) is 0 Å². The fourth-order valence-corrected chi connectivity index (χ4v) is 2.00. The Labute approximate surface area is 91.6 Å². The second kappa shape index (κ2) is 5.17. The van der Waals surface area contributed by atoms with E-state index >= 15 is 0 Å². The highest BCUT2D eigenvalue weighted by Crippen LogP contribution is 2.18. The Bertz CT molecular complexity index is 303. The molecule has 15 heavy (non-hydrogen) atoms. The average Bonchev–Trinajstić information content (AvgIpc) is 2.50. The van der Waals surface area contributed by atoms with E-state index in [9.17, 15) is 0 Å². The molecule has 1 heterocycles. The van der Waals surface area contributed by atoms with E-state index in [4.69, 9.17) is 4.74 Å². The van der Waals surface area contributed by atoms with Crippen LogP contribution < -0.4 is 5.32 Å². The zero-order chi connectivity index (χ0) is 10.5. The molecule has 1 fully saturated rings. The third-order valence-electron chi connectivity index (χ3n) is 2.96. The minimum Gasteiger partial charge on any atom is -0.382 e. The van der Waals surface area contributed by atoms with Crippen LogP contribution in [0.2, 0.25) is 0 Å². The number of hydrogen-bond acceptors (Lipinski definition) is 2. The Morgan fingerprint density at radius 1 is 1.20 bits per heavy atom. The number of ether oxygens (including phenoxy) is 1. The highest BCUT2D eigenvalue weighted by atomic mass is 16.5. The van der Waals surface area contributed by atoms with E-state index in [0.717, 1.165) is 19.6 Å². The molecule has 1 aromatic rings. The normalized spacial score (nSPS) is 22.1. The molecule has 2 heteroatoms. The van der Waals surface area contributed by atoms with Crippen LogP contribution in [0.3, 0.4) is 0 Å². The molecule has 82 valence electrons. The second-order valence-corrected chi connectivity index (χ2v) is 4.20. The van der Waals surface area contributed by atoms with E-state index in [1.54, 1.807) is 0 Å². The molecule has 0 saturated carbocycles. The molecule has 1 aromatic carbocycles. The summed E-state index contributed by atoms with van der Waals surface area (Å²) in [5.41, 5.74) is 2.59. The first-order valence-corrected chi connectivity index (χ1v) is 5.76. The summed E-state index contributed by atoms with van der Waals surface area (Å²) in [6.07, 6.45) is 3.51. The molecule has 0 spiro atoms. The molecule has 0 amide bonds. The number of hydrogen-bond donors (Lipinski definition) is 1. The molecule has 1 aliphatic rings. The fraction of sp³-hybridized carbons (Fsp3) is 0.538. The molecule has 1 unspecified atom stereocenters. The number of nitrogens with one attached hydrogen (secondary N) is 1. The molecule has 1 aliphatic heterocycles. The van der Waals surface area contributed by atoms with Crippen molar-refractivity contribution < 1.29 is 4.74 Å². The van der Waals surface area contributed by atoms with Crippen LogP contribution in [0.25, 0.3) is 0 Å². The van der Waals surface area contributed by atoms with Crippen LogP contribution in [-0.4, -0.2) is 19.3 Å². The van der Waals surface area contributed by atoms with E-state index in [-0.39, 0.29) is 0 Å². The SMILES string of the molecule is Cc1ccccc1NC1CCCOCC1. The summed E-state index contributed by atoms with van der Waals surface area (Å²) in [6, 6.07) is 9.05. The maximum absolute atomic E-state index is 5.45. The lowest BCUT2D eigenvalue weighted by Crippen LogP contribution is -2.19. The number of aryl methyl sites for hydroxylation is 1. The second-order valence-electron chi connectivity index (χ2n) is 4.20. The van der Waals surface area contributed by atoms with Crippen LogP contribution in [0, 0.1) is 6.92 Å². The van der Waals surface area contributed by atoms with Crippen molar-refractivity contribution in [3.05, 3.63) is 29.8 Å². The van der Waals surface area contributed by atoms with Crippen molar-refractivity contribution in [3.8, 4) is 0 Å². The van der Waals surface area contributed by atoms with Crippen molar-refractivity contribution in [2.45, 2.75) is 32.2 Å². The van der Waals surface area contributed by atoms with Crippen LogP contribution >= 0.6 is 0 Å². The van der Waals surface area contributed by atoms with Gasteiger partial charge in [0.05, 0.1) is 0 Å². The average molecular weight is 205 g/mol. The molecule has 2 rings (SSSR count). The monoisotopic (exact) mass is 205 g/mol. The molecule has 0 bridgehead atoms.